The Balaban J connectivity index is 1.72. The molecule has 0 aliphatic rings. The first-order valence-corrected chi connectivity index (χ1v) is 8.79. The molecule has 0 bridgehead atoms. The number of aryl methyl sites for hydroxylation is 1. The minimum absolute atomic E-state index is 0.199. The molecule has 6 heteroatoms. The van der Waals surface area contributed by atoms with Crippen LogP contribution in [0.1, 0.15) is 21.5 Å². The third kappa shape index (κ3) is 4.34. The van der Waals surface area contributed by atoms with E-state index in [9.17, 15) is 4.79 Å². The average molecular weight is 386 g/mol. The molecule has 3 rings (SSSR count). The molecule has 0 atom stereocenters. The molecule has 0 spiro atoms. The van der Waals surface area contributed by atoms with Crippen molar-refractivity contribution in [1.82, 2.24) is 10.3 Å². The maximum Gasteiger partial charge on any atom is 0.253 e. The summed E-state index contributed by atoms with van der Waals surface area (Å²) in [7, 11) is 0. The highest BCUT2D eigenvalue weighted by Gasteiger charge is 2.10. The van der Waals surface area contributed by atoms with Gasteiger partial charge in [-0.25, -0.2) is 0 Å². The largest absolute Gasteiger partial charge is 0.352 e. The van der Waals surface area contributed by atoms with Gasteiger partial charge < -0.3 is 10.6 Å². The molecule has 0 aliphatic heterocycles. The molecule has 2 aromatic carbocycles. The van der Waals surface area contributed by atoms with E-state index < -0.39 is 0 Å². The van der Waals surface area contributed by atoms with Crippen LogP contribution in [0, 0.1) is 6.92 Å². The highest BCUT2D eigenvalue weighted by atomic mass is 35.5. The van der Waals surface area contributed by atoms with Gasteiger partial charge in [0.1, 0.15) is 0 Å². The number of amides is 1. The summed E-state index contributed by atoms with van der Waals surface area (Å²) in [5.74, 6) is -0.199. The van der Waals surface area contributed by atoms with E-state index in [2.05, 4.69) is 15.6 Å². The number of rotatable bonds is 5. The molecule has 4 nitrogen and oxygen atoms in total. The molecule has 0 saturated carbocycles. The van der Waals surface area contributed by atoms with Crippen molar-refractivity contribution in [2.24, 2.45) is 0 Å². The van der Waals surface area contributed by atoms with Gasteiger partial charge in [-0.1, -0.05) is 53.5 Å². The quantitative estimate of drug-likeness (QED) is 0.620. The zero-order valence-electron chi connectivity index (χ0n) is 14.1. The lowest BCUT2D eigenvalue weighted by atomic mass is 10.1. The Hall–Kier alpha value is -2.56. The van der Waals surface area contributed by atoms with Crippen LogP contribution in [0.2, 0.25) is 10.0 Å². The Morgan fingerprint density at radius 2 is 1.77 bits per heavy atom. The first-order chi connectivity index (χ1) is 12.5. The first kappa shape index (κ1) is 18.2. The fourth-order valence-corrected chi connectivity index (χ4v) is 2.97. The van der Waals surface area contributed by atoms with E-state index in [1.165, 1.54) is 6.20 Å². The first-order valence-electron chi connectivity index (χ1n) is 8.03. The number of aromatic nitrogens is 1. The zero-order valence-corrected chi connectivity index (χ0v) is 15.6. The summed E-state index contributed by atoms with van der Waals surface area (Å²) in [6.45, 7) is 2.47. The van der Waals surface area contributed by atoms with Crippen molar-refractivity contribution in [3.63, 3.8) is 0 Å². The minimum Gasteiger partial charge on any atom is -0.352 e. The number of pyridine rings is 1. The fraction of sp³-hybridized carbons (Fsp3) is 0.100. The molecule has 3 aromatic rings. The van der Waals surface area contributed by atoms with Crippen molar-refractivity contribution >= 4 is 40.5 Å². The minimum atomic E-state index is -0.199. The molecule has 0 aliphatic carbocycles. The van der Waals surface area contributed by atoms with Crippen LogP contribution in [0.5, 0.6) is 0 Å². The molecular formula is C20H17Cl2N3O. The van der Waals surface area contributed by atoms with Gasteiger partial charge in [0.25, 0.3) is 5.91 Å². The molecule has 0 fully saturated rings. The second-order valence-electron chi connectivity index (χ2n) is 5.79. The molecule has 0 unspecified atom stereocenters. The molecule has 132 valence electrons. The summed E-state index contributed by atoms with van der Waals surface area (Å²) in [4.78, 5) is 16.6. The monoisotopic (exact) mass is 385 g/mol. The summed E-state index contributed by atoms with van der Waals surface area (Å²) in [5.41, 5.74) is 3.87. The normalized spacial score (nSPS) is 10.4. The van der Waals surface area contributed by atoms with Crippen molar-refractivity contribution in [3.05, 3.63) is 87.7 Å². The molecule has 0 saturated heterocycles. The summed E-state index contributed by atoms with van der Waals surface area (Å²) in [5, 5.41) is 7.01. The lowest BCUT2D eigenvalue weighted by Gasteiger charge is -2.11. The molecule has 1 aromatic heterocycles. The second kappa shape index (κ2) is 8.21. The van der Waals surface area contributed by atoms with Gasteiger partial charge in [0.2, 0.25) is 0 Å². The summed E-state index contributed by atoms with van der Waals surface area (Å²) < 4.78 is 0. The molecule has 0 radical (unpaired) electrons. The van der Waals surface area contributed by atoms with E-state index >= 15 is 0 Å². The van der Waals surface area contributed by atoms with E-state index in [1.807, 2.05) is 31.2 Å². The Labute approximate surface area is 162 Å². The van der Waals surface area contributed by atoms with Crippen LogP contribution < -0.4 is 10.6 Å². The number of nitrogens with one attached hydrogen (secondary N) is 2. The van der Waals surface area contributed by atoms with Gasteiger partial charge in [0.05, 0.1) is 33.2 Å². The van der Waals surface area contributed by atoms with Crippen molar-refractivity contribution in [1.29, 1.82) is 0 Å². The molecule has 1 heterocycles. The van der Waals surface area contributed by atoms with Crippen molar-refractivity contribution in [2.45, 2.75) is 13.5 Å². The number of anilines is 2. The maximum atomic E-state index is 12.4. The average Bonchev–Trinajstić information content (AvgIpc) is 2.64. The van der Waals surface area contributed by atoms with Gasteiger partial charge in [-0.2, -0.15) is 0 Å². The number of benzene rings is 2. The van der Waals surface area contributed by atoms with Crippen LogP contribution in [0.3, 0.4) is 0 Å². The third-order valence-corrected chi connectivity index (χ3v) is 4.56. The van der Waals surface area contributed by atoms with Crippen molar-refractivity contribution < 1.29 is 4.79 Å². The van der Waals surface area contributed by atoms with Crippen molar-refractivity contribution in [3.8, 4) is 0 Å². The van der Waals surface area contributed by atoms with E-state index in [-0.39, 0.29) is 5.91 Å². The Morgan fingerprint density at radius 3 is 2.50 bits per heavy atom. The molecule has 2 N–H and O–H groups in total. The SMILES string of the molecule is Cc1ccccc1CNC(=O)c1cncc(Nc2c(Cl)cccc2Cl)c1. The lowest BCUT2D eigenvalue weighted by Crippen LogP contribution is -2.23. The van der Waals surface area contributed by atoms with Gasteiger partial charge in [-0.3, -0.25) is 9.78 Å². The van der Waals surface area contributed by atoms with Gasteiger partial charge in [0.15, 0.2) is 0 Å². The predicted molar refractivity (Wildman–Crippen MR) is 106 cm³/mol. The van der Waals surface area contributed by atoms with Crippen LogP contribution >= 0.6 is 23.2 Å². The third-order valence-electron chi connectivity index (χ3n) is 3.93. The van der Waals surface area contributed by atoms with Crippen LogP contribution in [0.25, 0.3) is 0 Å². The van der Waals surface area contributed by atoms with Crippen molar-refractivity contribution in [2.75, 3.05) is 5.32 Å². The van der Waals surface area contributed by atoms with Crippen LogP contribution in [-0.4, -0.2) is 10.9 Å². The maximum absolute atomic E-state index is 12.4. The molecule has 1 amide bonds. The molecular weight excluding hydrogens is 369 g/mol. The highest BCUT2D eigenvalue weighted by Crippen LogP contribution is 2.32. The summed E-state index contributed by atoms with van der Waals surface area (Å²) in [6, 6.07) is 14.9. The van der Waals surface area contributed by atoms with Gasteiger partial charge in [-0.15, -0.1) is 0 Å². The van der Waals surface area contributed by atoms with Crippen LogP contribution in [0.15, 0.2) is 60.9 Å². The second-order valence-corrected chi connectivity index (χ2v) is 6.61. The van der Waals surface area contributed by atoms with Gasteiger partial charge >= 0.3 is 0 Å². The van der Waals surface area contributed by atoms with E-state index in [4.69, 9.17) is 23.2 Å². The van der Waals surface area contributed by atoms with Crippen LogP contribution in [0.4, 0.5) is 11.4 Å². The topological polar surface area (TPSA) is 54.0 Å². The molecule has 26 heavy (non-hydrogen) atoms. The Morgan fingerprint density at radius 1 is 1.04 bits per heavy atom. The van der Waals surface area contributed by atoms with E-state index in [0.29, 0.717) is 33.5 Å². The summed E-state index contributed by atoms with van der Waals surface area (Å²) >= 11 is 12.3. The predicted octanol–water partition coefficient (Wildman–Crippen LogP) is 5.37. The summed E-state index contributed by atoms with van der Waals surface area (Å²) in [6.07, 6.45) is 3.13. The number of carbonyl (C=O) groups excluding carboxylic acids is 1. The van der Waals surface area contributed by atoms with E-state index in [0.717, 1.165) is 11.1 Å². The Bertz CT molecular complexity index is 924. The van der Waals surface area contributed by atoms with Gasteiger partial charge in [-0.05, 0) is 36.2 Å². The lowest BCUT2D eigenvalue weighted by molar-refractivity contribution is 0.0950. The standard InChI is InChI=1S/C20H17Cl2N3O/c1-13-5-2-3-6-14(13)11-24-20(26)15-9-16(12-23-10-15)25-19-17(21)7-4-8-18(19)22/h2-10,12,25H,11H2,1H3,(H,24,26). The highest BCUT2D eigenvalue weighted by molar-refractivity contribution is 6.39. The van der Waals surface area contributed by atoms with Gasteiger partial charge in [0, 0.05) is 12.7 Å². The number of hydrogen-bond donors (Lipinski definition) is 2. The smallest absolute Gasteiger partial charge is 0.253 e. The fourth-order valence-electron chi connectivity index (χ4n) is 2.48. The zero-order chi connectivity index (χ0) is 18.5. The number of nitrogens with zero attached hydrogens (tertiary/aromatic N) is 1. The van der Waals surface area contributed by atoms with E-state index in [1.54, 1.807) is 30.5 Å². The number of hydrogen-bond acceptors (Lipinski definition) is 3. The number of para-hydroxylation sites is 1. The number of carbonyl (C=O) groups is 1. The Kier molecular flexibility index (Phi) is 5.76. The number of halogens is 2. The van der Waals surface area contributed by atoms with Crippen LogP contribution in [-0.2, 0) is 6.54 Å².